The van der Waals surface area contributed by atoms with E-state index in [-0.39, 0.29) is 6.04 Å². The molecular weight excluding hydrogens is 210 g/mol. The monoisotopic (exact) mass is 227 g/mol. The van der Waals surface area contributed by atoms with Crippen molar-refractivity contribution in [2.75, 3.05) is 4.90 Å². The van der Waals surface area contributed by atoms with Gasteiger partial charge in [-0.25, -0.2) is 0 Å². The van der Waals surface area contributed by atoms with Gasteiger partial charge in [0.15, 0.2) is 0 Å². The summed E-state index contributed by atoms with van der Waals surface area (Å²) in [6.45, 7) is 2.10. The van der Waals surface area contributed by atoms with Crippen LogP contribution in [-0.2, 0) is 6.42 Å². The first-order valence-electron chi connectivity index (χ1n) is 5.83. The van der Waals surface area contributed by atoms with Gasteiger partial charge in [0.05, 0.1) is 6.26 Å². The molecule has 0 aromatic heterocycles. The number of aliphatic hydroxyl groups is 1. The highest BCUT2D eigenvalue weighted by Crippen LogP contribution is 2.25. The second-order valence-corrected chi connectivity index (χ2v) is 4.09. The summed E-state index contributed by atoms with van der Waals surface area (Å²) >= 11 is 0. The summed E-state index contributed by atoms with van der Waals surface area (Å²) in [4.78, 5) is 2.07. The van der Waals surface area contributed by atoms with Crippen molar-refractivity contribution < 1.29 is 5.11 Å². The Bertz CT molecular complexity index is 460. The van der Waals surface area contributed by atoms with E-state index in [1.165, 1.54) is 5.56 Å². The van der Waals surface area contributed by atoms with Crippen LogP contribution in [0.4, 0.5) is 5.69 Å². The number of nitrogens with zero attached hydrogens (tertiary/aromatic N) is 1. The molecule has 0 saturated heterocycles. The van der Waals surface area contributed by atoms with Gasteiger partial charge < -0.3 is 10.0 Å². The summed E-state index contributed by atoms with van der Waals surface area (Å²) in [6, 6.07) is 8.48. The average molecular weight is 227 g/mol. The van der Waals surface area contributed by atoms with Crippen molar-refractivity contribution in [3.05, 3.63) is 66.6 Å². The van der Waals surface area contributed by atoms with Gasteiger partial charge in [0.25, 0.3) is 0 Å². The minimum atomic E-state index is 0.210. The van der Waals surface area contributed by atoms with Crippen molar-refractivity contribution in [1.82, 2.24) is 0 Å². The standard InChI is InChI=1S/C15H17NO/c1-13-7-3-2-4-8-14-9-5-6-10-15(14)16(13)11-12-17/h2-7,9-13,17H,8H2,1H3/b4-2-,7-3-,12-11+. The molecule has 2 rings (SSSR count). The molecule has 2 heteroatoms. The van der Waals surface area contributed by atoms with Crippen LogP contribution in [0, 0.1) is 0 Å². The highest BCUT2D eigenvalue weighted by molar-refractivity contribution is 5.58. The molecule has 1 heterocycles. The first-order chi connectivity index (χ1) is 8.33. The minimum absolute atomic E-state index is 0.210. The predicted molar refractivity (Wildman–Crippen MR) is 72.1 cm³/mol. The highest BCUT2D eigenvalue weighted by atomic mass is 16.2. The third-order valence-corrected chi connectivity index (χ3v) is 2.91. The Hall–Kier alpha value is -1.96. The van der Waals surface area contributed by atoms with Crippen molar-refractivity contribution >= 4 is 5.69 Å². The molecule has 0 spiro atoms. The molecular formula is C15H17NO. The normalized spacial score (nSPS) is 23.6. The molecule has 0 saturated carbocycles. The third-order valence-electron chi connectivity index (χ3n) is 2.91. The quantitative estimate of drug-likeness (QED) is 0.741. The summed E-state index contributed by atoms with van der Waals surface area (Å²) in [5.41, 5.74) is 2.40. The number of aliphatic hydroxyl groups excluding tert-OH is 1. The maximum absolute atomic E-state index is 9.03. The topological polar surface area (TPSA) is 23.5 Å². The molecule has 1 N–H and O–H groups in total. The van der Waals surface area contributed by atoms with E-state index < -0.39 is 0 Å². The zero-order valence-corrected chi connectivity index (χ0v) is 9.95. The van der Waals surface area contributed by atoms with Crippen LogP contribution in [0.2, 0.25) is 0 Å². The number of allylic oxidation sites excluding steroid dienone is 3. The van der Waals surface area contributed by atoms with Gasteiger partial charge in [0.2, 0.25) is 0 Å². The molecule has 1 aromatic rings. The first kappa shape index (κ1) is 11.5. The van der Waals surface area contributed by atoms with Crippen molar-refractivity contribution in [2.24, 2.45) is 0 Å². The van der Waals surface area contributed by atoms with Gasteiger partial charge in [-0.05, 0) is 25.0 Å². The molecule has 0 fully saturated rings. The maximum Gasteiger partial charge on any atom is 0.0954 e. The smallest absolute Gasteiger partial charge is 0.0954 e. The molecule has 1 aliphatic heterocycles. The molecule has 1 atom stereocenters. The lowest BCUT2D eigenvalue weighted by molar-refractivity contribution is 0.470. The zero-order valence-electron chi connectivity index (χ0n) is 9.95. The number of rotatable bonds is 1. The number of anilines is 1. The lowest BCUT2D eigenvalue weighted by Crippen LogP contribution is -2.26. The number of para-hydroxylation sites is 1. The molecule has 0 amide bonds. The summed E-state index contributed by atoms with van der Waals surface area (Å²) < 4.78 is 0. The molecule has 1 aliphatic rings. The number of benzene rings is 1. The van der Waals surface area contributed by atoms with Crippen LogP contribution in [0.15, 0.2) is 61.0 Å². The van der Waals surface area contributed by atoms with Gasteiger partial charge in [0, 0.05) is 17.9 Å². The Balaban J connectivity index is 2.49. The fraction of sp³-hybridized carbons (Fsp3) is 0.200. The van der Waals surface area contributed by atoms with E-state index in [2.05, 4.69) is 48.3 Å². The summed E-state index contributed by atoms with van der Waals surface area (Å²) in [5.74, 6) is 0. The summed E-state index contributed by atoms with van der Waals surface area (Å²) in [5, 5.41) is 9.03. The number of hydrogen-bond donors (Lipinski definition) is 1. The lowest BCUT2D eigenvalue weighted by atomic mass is 10.1. The van der Waals surface area contributed by atoms with Crippen LogP contribution in [0.3, 0.4) is 0 Å². The van der Waals surface area contributed by atoms with Gasteiger partial charge in [-0.3, -0.25) is 0 Å². The third kappa shape index (κ3) is 2.59. The SMILES string of the molecule is CC1/C=C\C=C/Cc2ccccc2N1/C=C/O. The average Bonchev–Trinajstić information content (AvgIpc) is 2.42. The molecule has 1 unspecified atom stereocenters. The van der Waals surface area contributed by atoms with Crippen LogP contribution in [0.25, 0.3) is 0 Å². The van der Waals surface area contributed by atoms with Crippen LogP contribution in [-0.4, -0.2) is 11.1 Å². The second-order valence-electron chi connectivity index (χ2n) is 4.09. The molecule has 2 nitrogen and oxygen atoms in total. The summed E-state index contributed by atoms with van der Waals surface area (Å²) in [7, 11) is 0. The Morgan fingerprint density at radius 3 is 2.94 bits per heavy atom. The van der Waals surface area contributed by atoms with Gasteiger partial charge in [-0.15, -0.1) is 0 Å². The Kier molecular flexibility index (Phi) is 3.66. The van der Waals surface area contributed by atoms with E-state index in [1.54, 1.807) is 6.20 Å². The van der Waals surface area contributed by atoms with Gasteiger partial charge in [-0.2, -0.15) is 0 Å². The van der Waals surface area contributed by atoms with Crippen LogP contribution in [0.1, 0.15) is 12.5 Å². The van der Waals surface area contributed by atoms with Crippen molar-refractivity contribution in [3.8, 4) is 0 Å². The van der Waals surface area contributed by atoms with E-state index in [0.717, 1.165) is 18.4 Å². The fourth-order valence-electron chi connectivity index (χ4n) is 2.03. The lowest BCUT2D eigenvalue weighted by Gasteiger charge is -2.27. The van der Waals surface area contributed by atoms with E-state index in [0.29, 0.717) is 0 Å². The minimum Gasteiger partial charge on any atom is -0.514 e. The number of hydrogen-bond acceptors (Lipinski definition) is 2. The van der Waals surface area contributed by atoms with E-state index >= 15 is 0 Å². The second kappa shape index (κ2) is 5.39. The van der Waals surface area contributed by atoms with Crippen molar-refractivity contribution in [1.29, 1.82) is 0 Å². The molecule has 1 aromatic carbocycles. The molecule has 0 radical (unpaired) electrons. The van der Waals surface area contributed by atoms with Crippen molar-refractivity contribution in [3.63, 3.8) is 0 Å². The van der Waals surface area contributed by atoms with Crippen LogP contribution >= 0.6 is 0 Å². The summed E-state index contributed by atoms with van der Waals surface area (Å²) in [6.07, 6.45) is 12.1. The van der Waals surface area contributed by atoms with Gasteiger partial charge in [-0.1, -0.05) is 42.5 Å². The Morgan fingerprint density at radius 2 is 2.12 bits per heavy atom. The Labute approximate surface area is 102 Å². The van der Waals surface area contributed by atoms with E-state index in [1.807, 2.05) is 12.1 Å². The van der Waals surface area contributed by atoms with Crippen molar-refractivity contribution in [2.45, 2.75) is 19.4 Å². The van der Waals surface area contributed by atoms with Crippen LogP contribution in [0.5, 0.6) is 0 Å². The Morgan fingerprint density at radius 1 is 1.29 bits per heavy atom. The molecule has 17 heavy (non-hydrogen) atoms. The van der Waals surface area contributed by atoms with Gasteiger partial charge >= 0.3 is 0 Å². The first-order valence-corrected chi connectivity index (χ1v) is 5.83. The largest absolute Gasteiger partial charge is 0.514 e. The maximum atomic E-state index is 9.03. The van der Waals surface area contributed by atoms with E-state index in [9.17, 15) is 0 Å². The molecule has 0 aliphatic carbocycles. The zero-order chi connectivity index (χ0) is 12.1. The molecule has 88 valence electrons. The van der Waals surface area contributed by atoms with E-state index in [4.69, 9.17) is 5.11 Å². The fourth-order valence-corrected chi connectivity index (χ4v) is 2.03. The molecule has 0 bridgehead atoms. The highest BCUT2D eigenvalue weighted by Gasteiger charge is 2.13. The van der Waals surface area contributed by atoms with Gasteiger partial charge in [0.1, 0.15) is 0 Å². The predicted octanol–water partition coefficient (Wildman–Crippen LogP) is 3.58. The van der Waals surface area contributed by atoms with Crippen LogP contribution < -0.4 is 4.90 Å². The number of fused-ring (bicyclic) bond motifs is 1.